The molecule has 0 aliphatic heterocycles. The topological polar surface area (TPSA) is 59.6 Å². The predicted octanol–water partition coefficient (Wildman–Crippen LogP) is 4.89. The van der Waals surface area contributed by atoms with Crippen LogP contribution in [-0.2, 0) is 4.79 Å². The summed E-state index contributed by atoms with van der Waals surface area (Å²) in [5.74, 6) is 1.33. The highest BCUT2D eigenvalue weighted by atomic mass is 16.5. The first-order valence-corrected chi connectivity index (χ1v) is 9.19. The minimum atomic E-state index is -0.551. The van der Waals surface area contributed by atoms with Gasteiger partial charge in [-0.2, -0.15) is 0 Å². The first kappa shape index (κ1) is 19.3. The van der Waals surface area contributed by atoms with Crippen molar-refractivity contribution in [1.29, 1.82) is 0 Å². The summed E-state index contributed by atoms with van der Waals surface area (Å²) in [5.41, 5.74) is 2.38. The fraction of sp³-hybridized carbons (Fsp3) is 0.174. The van der Waals surface area contributed by atoms with Crippen LogP contribution in [0.15, 0.2) is 78.9 Å². The molecule has 0 aliphatic rings. The van der Waals surface area contributed by atoms with E-state index in [0.717, 1.165) is 17.0 Å². The van der Waals surface area contributed by atoms with Gasteiger partial charge in [-0.25, -0.2) is 0 Å². The molecule has 0 aromatic heterocycles. The number of amides is 1. The largest absolute Gasteiger partial charge is 0.497 e. The summed E-state index contributed by atoms with van der Waals surface area (Å²) >= 11 is 0. The number of hydrogen-bond acceptors (Lipinski definition) is 4. The highest BCUT2D eigenvalue weighted by Crippen LogP contribution is 2.24. The molecule has 5 nitrogen and oxygen atoms in total. The van der Waals surface area contributed by atoms with Gasteiger partial charge in [-0.15, -0.1) is 0 Å². The fourth-order valence-corrected chi connectivity index (χ4v) is 2.84. The Balaban J connectivity index is 1.81. The average Bonchev–Trinajstić information content (AvgIpc) is 2.74. The molecule has 0 bridgehead atoms. The van der Waals surface area contributed by atoms with Gasteiger partial charge in [0.2, 0.25) is 0 Å². The molecule has 3 aromatic carbocycles. The van der Waals surface area contributed by atoms with Gasteiger partial charge in [-0.3, -0.25) is 4.79 Å². The number of carbonyl (C=O) groups excluding carboxylic acids is 1. The molecule has 1 atom stereocenters. The number of methoxy groups -OCH3 is 1. The van der Waals surface area contributed by atoms with E-state index in [2.05, 4.69) is 10.6 Å². The Kier molecular flexibility index (Phi) is 6.52. The maximum absolute atomic E-state index is 13.0. The molecule has 0 aliphatic carbocycles. The lowest BCUT2D eigenvalue weighted by Crippen LogP contribution is -2.27. The van der Waals surface area contributed by atoms with Crippen molar-refractivity contribution in [3.8, 4) is 11.5 Å². The van der Waals surface area contributed by atoms with Crippen LogP contribution in [0.1, 0.15) is 18.5 Å². The van der Waals surface area contributed by atoms with Crippen molar-refractivity contribution in [2.24, 2.45) is 0 Å². The molecular formula is C23H24N2O3. The van der Waals surface area contributed by atoms with E-state index in [0.29, 0.717) is 18.0 Å². The molecule has 144 valence electrons. The molecule has 2 N–H and O–H groups in total. The molecular weight excluding hydrogens is 352 g/mol. The number of anilines is 2. The highest BCUT2D eigenvalue weighted by Gasteiger charge is 2.20. The van der Waals surface area contributed by atoms with Crippen molar-refractivity contribution in [2.75, 3.05) is 24.4 Å². The van der Waals surface area contributed by atoms with Crippen LogP contribution in [-0.4, -0.2) is 19.6 Å². The number of rotatable bonds is 8. The van der Waals surface area contributed by atoms with Gasteiger partial charge in [0.1, 0.15) is 17.5 Å². The van der Waals surface area contributed by atoms with E-state index in [1.807, 2.05) is 79.7 Å². The lowest BCUT2D eigenvalue weighted by Gasteiger charge is -2.20. The summed E-state index contributed by atoms with van der Waals surface area (Å²) in [6.07, 6.45) is 0. The van der Waals surface area contributed by atoms with Crippen molar-refractivity contribution in [3.63, 3.8) is 0 Å². The lowest BCUT2D eigenvalue weighted by atomic mass is 10.1. The van der Waals surface area contributed by atoms with Gasteiger partial charge in [-0.1, -0.05) is 36.4 Å². The van der Waals surface area contributed by atoms with Gasteiger partial charge in [0.15, 0.2) is 0 Å². The minimum absolute atomic E-state index is 0.159. The van der Waals surface area contributed by atoms with Crippen molar-refractivity contribution < 1.29 is 14.3 Å². The quantitative estimate of drug-likeness (QED) is 0.588. The first-order chi connectivity index (χ1) is 13.7. The van der Waals surface area contributed by atoms with E-state index in [1.165, 1.54) is 0 Å². The fourth-order valence-electron chi connectivity index (χ4n) is 2.84. The lowest BCUT2D eigenvalue weighted by molar-refractivity contribution is -0.117. The normalized spacial score (nSPS) is 11.4. The summed E-state index contributed by atoms with van der Waals surface area (Å²) in [5, 5.41) is 6.28. The zero-order valence-electron chi connectivity index (χ0n) is 16.0. The minimum Gasteiger partial charge on any atom is -0.497 e. The average molecular weight is 376 g/mol. The molecule has 3 aromatic rings. The second kappa shape index (κ2) is 9.46. The van der Waals surface area contributed by atoms with E-state index >= 15 is 0 Å². The summed E-state index contributed by atoms with van der Waals surface area (Å²) in [6.45, 7) is 2.56. The number of nitrogens with one attached hydrogen (secondary N) is 2. The molecule has 5 heteroatoms. The monoisotopic (exact) mass is 376 g/mol. The van der Waals surface area contributed by atoms with Gasteiger partial charge in [-0.05, 0) is 48.9 Å². The molecule has 0 saturated carbocycles. The second-order valence-electron chi connectivity index (χ2n) is 6.17. The zero-order valence-corrected chi connectivity index (χ0v) is 16.0. The molecule has 0 saturated heterocycles. The smallest absolute Gasteiger partial charge is 0.251 e. The molecule has 3 rings (SSSR count). The van der Waals surface area contributed by atoms with Gasteiger partial charge < -0.3 is 20.1 Å². The summed E-state index contributed by atoms with van der Waals surface area (Å²) in [6, 6.07) is 23.9. The van der Waals surface area contributed by atoms with Crippen LogP contribution in [0.25, 0.3) is 0 Å². The maximum atomic E-state index is 13.0. The third-order valence-corrected chi connectivity index (χ3v) is 4.21. The summed E-state index contributed by atoms with van der Waals surface area (Å²) in [7, 11) is 1.60. The van der Waals surface area contributed by atoms with Gasteiger partial charge in [0.05, 0.1) is 13.7 Å². The van der Waals surface area contributed by atoms with Crippen molar-refractivity contribution in [3.05, 3.63) is 84.4 Å². The van der Waals surface area contributed by atoms with Gasteiger partial charge in [0.25, 0.3) is 5.91 Å². The highest BCUT2D eigenvalue weighted by molar-refractivity contribution is 5.97. The van der Waals surface area contributed by atoms with E-state index < -0.39 is 6.04 Å². The van der Waals surface area contributed by atoms with Gasteiger partial charge >= 0.3 is 0 Å². The third kappa shape index (κ3) is 5.04. The van der Waals surface area contributed by atoms with Crippen molar-refractivity contribution >= 4 is 17.3 Å². The first-order valence-electron chi connectivity index (χ1n) is 9.19. The van der Waals surface area contributed by atoms with Gasteiger partial charge in [0, 0.05) is 17.4 Å². The SMILES string of the molecule is CCOc1ccc(NC(C(=O)Nc2cccc(OC)c2)c2ccccc2)cc1. The summed E-state index contributed by atoms with van der Waals surface area (Å²) < 4.78 is 10.7. The van der Waals surface area contributed by atoms with Crippen LogP contribution in [0.5, 0.6) is 11.5 Å². The van der Waals surface area contributed by atoms with Crippen LogP contribution < -0.4 is 20.1 Å². The Morgan fingerprint density at radius 1 is 0.893 bits per heavy atom. The molecule has 0 fully saturated rings. The van der Waals surface area contributed by atoms with Crippen LogP contribution in [0.4, 0.5) is 11.4 Å². The number of ether oxygens (including phenoxy) is 2. The number of carbonyl (C=O) groups is 1. The van der Waals surface area contributed by atoms with Crippen LogP contribution in [0.3, 0.4) is 0 Å². The van der Waals surface area contributed by atoms with Crippen LogP contribution in [0, 0.1) is 0 Å². The molecule has 0 heterocycles. The van der Waals surface area contributed by atoms with Crippen molar-refractivity contribution in [2.45, 2.75) is 13.0 Å². The van der Waals surface area contributed by atoms with Crippen LogP contribution in [0.2, 0.25) is 0 Å². The molecule has 28 heavy (non-hydrogen) atoms. The number of hydrogen-bond donors (Lipinski definition) is 2. The number of benzene rings is 3. The molecule has 0 spiro atoms. The van der Waals surface area contributed by atoms with E-state index in [4.69, 9.17) is 9.47 Å². The molecule has 1 unspecified atom stereocenters. The maximum Gasteiger partial charge on any atom is 0.251 e. The molecule has 1 amide bonds. The van der Waals surface area contributed by atoms with E-state index in [1.54, 1.807) is 13.2 Å². The van der Waals surface area contributed by atoms with Crippen LogP contribution >= 0.6 is 0 Å². The summed E-state index contributed by atoms with van der Waals surface area (Å²) in [4.78, 5) is 13.0. The Morgan fingerprint density at radius 2 is 1.64 bits per heavy atom. The Hall–Kier alpha value is -3.47. The Labute approximate surface area is 165 Å². The Bertz CT molecular complexity index is 895. The predicted molar refractivity (Wildman–Crippen MR) is 112 cm³/mol. The zero-order chi connectivity index (χ0) is 19.8. The standard InChI is InChI=1S/C23H24N2O3/c1-3-28-20-14-12-18(13-15-20)24-22(17-8-5-4-6-9-17)23(26)25-19-10-7-11-21(16-19)27-2/h4-16,22,24H,3H2,1-2H3,(H,25,26). The van der Waals surface area contributed by atoms with E-state index in [9.17, 15) is 4.79 Å². The third-order valence-electron chi connectivity index (χ3n) is 4.21. The van der Waals surface area contributed by atoms with Crippen molar-refractivity contribution in [1.82, 2.24) is 0 Å². The molecule has 0 radical (unpaired) electrons. The van der Waals surface area contributed by atoms with E-state index in [-0.39, 0.29) is 5.91 Å². The second-order valence-corrected chi connectivity index (χ2v) is 6.17. The Morgan fingerprint density at radius 3 is 2.32 bits per heavy atom.